The number of thiazole rings is 1. The fourth-order valence-electron chi connectivity index (χ4n) is 2.07. The van der Waals surface area contributed by atoms with E-state index in [2.05, 4.69) is 4.98 Å². The molecule has 1 aromatic heterocycles. The van der Waals surface area contributed by atoms with Gasteiger partial charge in [-0.25, -0.2) is 14.2 Å². The third-order valence-corrected chi connectivity index (χ3v) is 3.96. The van der Waals surface area contributed by atoms with Gasteiger partial charge in [0.25, 0.3) is 0 Å². The topological polar surface area (TPSA) is 48.4 Å². The Bertz CT molecular complexity index is 831. The van der Waals surface area contributed by atoms with Crippen LogP contribution in [0.1, 0.15) is 15.9 Å². The monoisotopic (exact) mass is 317 g/mol. The first-order chi connectivity index (χ1) is 10.7. The normalized spacial score (nSPS) is 10.6. The SMILES string of the molecule is COc1ccc(F)cc1COC(=O)c1ccc2ncsc2c1. The predicted molar refractivity (Wildman–Crippen MR) is 81.7 cm³/mol. The van der Waals surface area contributed by atoms with Crippen molar-refractivity contribution in [2.75, 3.05) is 7.11 Å². The van der Waals surface area contributed by atoms with Crippen LogP contribution in [0.3, 0.4) is 0 Å². The number of halogens is 1. The molecule has 0 unspecified atom stereocenters. The number of hydrogen-bond donors (Lipinski definition) is 0. The summed E-state index contributed by atoms with van der Waals surface area (Å²) in [5, 5.41) is 0. The van der Waals surface area contributed by atoms with Gasteiger partial charge in [-0.05, 0) is 36.4 Å². The van der Waals surface area contributed by atoms with Crippen molar-refractivity contribution >= 4 is 27.5 Å². The fourth-order valence-corrected chi connectivity index (χ4v) is 2.78. The first-order valence-corrected chi connectivity index (χ1v) is 7.38. The molecule has 0 aliphatic rings. The Morgan fingerprint density at radius 1 is 1.27 bits per heavy atom. The van der Waals surface area contributed by atoms with Crippen LogP contribution in [-0.4, -0.2) is 18.1 Å². The molecule has 22 heavy (non-hydrogen) atoms. The van der Waals surface area contributed by atoms with Gasteiger partial charge >= 0.3 is 5.97 Å². The van der Waals surface area contributed by atoms with E-state index in [-0.39, 0.29) is 6.61 Å². The number of rotatable bonds is 4. The number of carbonyl (C=O) groups is 1. The molecule has 0 aliphatic heterocycles. The molecule has 4 nitrogen and oxygen atoms in total. The molecule has 0 amide bonds. The zero-order valence-corrected chi connectivity index (χ0v) is 12.5. The summed E-state index contributed by atoms with van der Waals surface area (Å²) in [7, 11) is 1.48. The summed E-state index contributed by atoms with van der Waals surface area (Å²) in [4.78, 5) is 16.2. The molecule has 0 N–H and O–H groups in total. The van der Waals surface area contributed by atoms with E-state index < -0.39 is 11.8 Å². The van der Waals surface area contributed by atoms with Crippen LogP contribution in [0.5, 0.6) is 5.75 Å². The van der Waals surface area contributed by atoms with Crippen molar-refractivity contribution in [1.82, 2.24) is 4.98 Å². The molecule has 0 radical (unpaired) electrons. The van der Waals surface area contributed by atoms with Crippen LogP contribution < -0.4 is 4.74 Å². The highest BCUT2D eigenvalue weighted by Gasteiger charge is 2.11. The second-order valence-electron chi connectivity index (χ2n) is 4.57. The molecular formula is C16H12FNO3S. The van der Waals surface area contributed by atoms with E-state index in [1.165, 1.54) is 36.6 Å². The summed E-state index contributed by atoms with van der Waals surface area (Å²) in [5.74, 6) is -0.397. The molecule has 3 rings (SSSR count). The minimum absolute atomic E-state index is 0.0551. The lowest BCUT2D eigenvalue weighted by Crippen LogP contribution is -2.06. The van der Waals surface area contributed by atoms with Gasteiger partial charge in [0, 0.05) is 5.56 Å². The predicted octanol–water partition coefficient (Wildman–Crippen LogP) is 3.80. The summed E-state index contributed by atoms with van der Waals surface area (Å²) in [6, 6.07) is 9.25. The Morgan fingerprint density at radius 3 is 2.95 bits per heavy atom. The average molecular weight is 317 g/mol. The molecule has 0 saturated carbocycles. The van der Waals surface area contributed by atoms with Crippen LogP contribution in [0.15, 0.2) is 41.9 Å². The standard InChI is InChI=1S/C16H12FNO3S/c1-20-14-5-3-12(17)6-11(14)8-21-16(19)10-2-4-13-15(7-10)22-9-18-13/h2-7,9H,8H2,1H3. The number of aromatic nitrogens is 1. The van der Waals surface area contributed by atoms with Crippen molar-refractivity contribution in [3.8, 4) is 5.75 Å². The summed E-state index contributed by atoms with van der Waals surface area (Å²) in [6.07, 6.45) is 0. The van der Waals surface area contributed by atoms with Crippen LogP contribution in [-0.2, 0) is 11.3 Å². The third kappa shape index (κ3) is 2.92. The lowest BCUT2D eigenvalue weighted by atomic mass is 10.2. The van der Waals surface area contributed by atoms with Gasteiger partial charge in [-0.3, -0.25) is 0 Å². The van der Waals surface area contributed by atoms with Gasteiger partial charge < -0.3 is 9.47 Å². The Balaban J connectivity index is 1.75. The average Bonchev–Trinajstić information content (AvgIpc) is 3.00. The summed E-state index contributed by atoms with van der Waals surface area (Å²) < 4.78 is 24.5. The Morgan fingerprint density at radius 2 is 2.14 bits per heavy atom. The van der Waals surface area contributed by atoms with Crippen molar-refractivity contribution in [2.24, 2.45) is 0 Å². The minimum Gasteiger partial charge on any atom is -0.496 e. The Kier molecular flexibility index (Phi) is 4.02. The lowest BCUT2D eigenvalue weighted by Gasteiger charge is -2.09. The Hall–Kier alpha value is -2.47. The maximum atomic E-state index is 13.3. The molecule has 0 saturated heterocycles. The number of methoxy groups -OCH3 is 1. The lowest BCUT2D eigenvalue weighted by molar-refractivity contribution is 0.0470. The highest BCUT2D eigenvalue weighted by Crippen LogP contribution is 2.22. The maximum Gasteiger partial charge on any atom is 0.338 e. The second-order valence-corrected chi connectivity index (χ2v) is 5.45. The van der Waals surface area contributed by atoms with E-state index in [0.29, 0.717) is 16.9 Å². The number of ether oxygens (including phenoxy) is 2. The molecule has 0 aliphatic carbocycles. The highest BCUT2D eigenvalue weighted by molar-refractivity contribution is 7.16. The summed E-state index contributed by atoms with van der Waals surface area (Å²) >= 11 is 1.45. The van der Waals surface area contributed by atoms with Crippen molar-refractivity contribution in [2.45, 2.75) is 6.61 Å². The van der Waals surface area contributed by atoms with Crippen molar-refractivity contribution < 1.29 is 18.7 Å². The van der Waals surface area contributed by atoms with E-state index >= 15 is 0 Å². The van der Waals surface area contributed by atoms with Crippen LogP contribution in [0.2, 0.25) is 0 Å². The van der Waals surface area contributed by atoms with Crippen molar-refractivity contribution in [3.05, 3.63) is 58.9 Å². The van der Waals surface area contributed by atoms with Gasteiger partial charge in [-0.1, -0.05) is 0 Å². The van der Waals surface area contributed by atoms with E-state index in [4.69, 9.17) is 9.47 Å². The molecule has 6 heteroatoms. The molecule has 2 aromatic carbocycles. The van der Waals surface area contributed by atoms with Crippen molar-refractivity contribution in [3.63, 3.8) is 0 Å². The smallest absolute Gasteiger partial charge is 0.338 e. The molecule has 1 heterocycles. The largest absolute Gasteiger partial charge is 0.496 e. The quantitative estimate of drug-likeness (QED) is 0.687. The number of nitrogens with zero attached hydrogens (tertiary/aromatic N) is 1. The molecule has 0 spiro atoms. The number of carbonyl (C=O) groups excluding carboxylic acids is 1. The fraction of sp³-hybridized carbons (Fsp3) is 0.125. The molecule has 112 valence electrons. The van der Waals surface area contributed by atoms with Gasteiger partial charge in [0.15, 0.2) is 0 Å². The van der Waals surface area contributed by atoms with Gasteiger partial charge in [0.05, 0.1) is 28.4 Å². The highest BCUT2D eigenvalue weighted by atomic mass is 32.1. The van der Waals surface area contributed by atoms with Crippen LogP contribution in [0.25, 0.3) is 10.2 Å². The molecule has 0 bridgehead atoms. The number of fused-ring (bicyclic) bond motifs is 1. The summed E-state index contributed by atoms with van der Waals surface area (Å²) in [5.41, 5.74) is 3.48. The number of benzene rings is 2. The summed E-state index contributed by atoms with van der Waals surface area (Å²) in [6.45, 7) is -0.0551. The van der Waals surface area contributed by atoms with Gasteiger partial charge in [0.2, 0.25) is 0 Å². The molecule has 0 atom stereocenters. The Labute approximate surface area is 130 Å². The zero-order valence-electron chi connectivity index (χ0n) is 11.7. The maximum absolute atomic E-state index is 13.3. The van der Waals surface area contributed by atoms with Crippen molar-refractivity contribution in [1.29, 1.82) is 0 Å². The van der Waals surface area contributed by atoms with Gasteiger partial charge in [0.1, 0.15) is 18.2 Å². The van der Waals surface area contributed by atoms with Crippen LogP contribution in [0.4, 0.5) is 4.39 Å². The first-order valence-electron chi connectivity index (χ1n) is 6.50. The molecule has 3 aromatic rings. The zero-order chi connectivity index (χ0) is 15.5. The number of esters is 1. The molecular weight excluding hydrogens is 305 g/mol. The molecule has 0 fully saturated rings. The van der Waals surface area contributed by atoms with E-state index in [0.717, 1.165) is 10.2 Å². The van der Waals surface area contributed by atoms with Crippen LogP contribution in [0, 0.1) is 5.82 Å². The van der Waals surface area contributed by atoms with Gasteiger partial charge in [-0.15, -0.1) is 11.3 Å². The first kappa shape index (κ1) is 14.5. The van der Waals surface area contributed by atoms with E-state index in [9.17, 15) is 9.18 Å². The third-order valence-electron chi connectivity index (χ3n) is 3.17. The number of hydrogen-bond acceptors (Lipinski definition) is 5. The van der Waals surface area contributed by atoms with E-state index in [1.54, 1.807) is 23.7 Å². The van der Waals surface area contributed by atoms with E-state index in [1.807, 2.05) is 0 Å². The second kappa shape index (κ2) is 6.11. The minimum atomic E-state index is -0.471. The van der Waals surface area contributed by atoms with Gasteiger partial charge in [-0.2, -0.15) is 0 Å². The van der Waals surface area contributed by atoms with Crippen LogP contribution >= 0.6 is 11.3 Å².